The molecule has 2 nitrogen and oxygen atoms in total. The number of fused-ring (bicyclic) bond motifs is 12. The first-order chi connectivity index (χ1) is 29.7. The number of rotatable bonds is 4. The number of hydrogen-bond acceptors (Lipinski definition) is 2. The predicted molar refractivity (Wildman–Crippen MR) is 248 cm³/mol. The van der Waals surface area contributed by atoms with Crippen molar-refractivity contribution in [1.29, 1.82) is 0 Å². The lowest BCUT2D eigenvalue weighted by Gasteiger charge is -2.28. The lowest BCUT2D eigenvalue weighted by atomic mass is 9.75. The van der Waals surface area contributed by atoms with Crippen LogP contribution in [-0.2, 0) is 10.8 Å². The van der Waals surface area contributed by atoms with Crippen molar-refractivity contribution in [3.8, 4) is 67.0 Å². The van der Waals surface area contributed by atoms with E-state index in [0.717, 1.165) is 22.5 Å². The first kappa shape index (κ1) is 34.2. The van der Waals surface area contributed by atoms with E-state index in [1.54, 1.807) is 0 Å². The molecule has 0 amide bonds. The van der Waals surface area contributed by atoms with Crippen molar-refractivity contribution in [2.75, 3.05) is 0 Å². The SMILES string of the molecule is c1ccc(-c2cnc(-c3ccc4c(-c5ccc6c(c5)C5(CCCC5)c5ccccc5-6)c5ccccc5c(-c5ccc6c(c5)C5(CCCC5)c5ccccc5-6)c4c3)nc2)cc1. The second kappa shape index (κ2) is 12.9. The fourth-order valence-corrected chi connectivity index (χ4v) is 12.5. The van der Waals surface area contributed by atoms with Crippen molar-refractivity contribution in [3.63, 3.8) is 0 Å². The minimum atomic E-state index is 0.0885. The van der Waals surface area contributed by atoms with Gasteiger partial charge in [-0.25, -0.2) is 9.97 Å². The van der Waals surface area contributed by atoms with Crippen molar-refractivity contribution in [2.45, 2.75) is 62.2 Å². The molecule has 13 rings (SSSR count). The summed E-state index contributed by atoms with van der Waals surface area (Å²) < 4.78 is 0. The van der Waals surface area contributed by atoms with Crippen LogP contribution in [0, 0.1) is 0 Å². The van der Waals surface area contributed by atoms with E-state index in [1.807, 2.05) is 18.5 Å². The molecule has 4 aliphatic carbocycles. The normalized spacial score (nSPS) is 16.4. The highest BCUT2D eigenvalue weighted by Gasteiger charge is 2.46. The Morgan fingerprint density at radius 2 is 0.767 bits per heavy atom. The maximum absolute atomic E-state index is 4.98. The summed E-state index contributed by atoms with van der Waals surface area (Å²) in [6, 6.07) is 59.8. The summed E-state index contributed by atoms with van der Waals surface area (Å²) in [5, 5.41) is 5.09. The van der Waals surface area contributed by atoms with Crippen molar-refractivity contribution >= 4 is 21.5 Å². The number of nitrogens with zero attached hydrogens (tertiary/aromatic N) is 2. The molecule has 0 atom stereocenters. The van der Waals surface area contributed by atoms with Crippen LogP contribution in [0.1, 0.15) is 73.6 Å². The third-order valence-electron chi connectivity index (χ3n) is 15.1. The van der Waals surface area contributed by atoms with Gasteiger partial charge in [-0.1, -0.05) is 165 Å². The summed E-state index contributed by atoms with van der Waals surface area (Å²) in [7, 11) is 0. The zero-order chi connectivity index (χ0) is 39.4. The Morgan fingerprint density at radius 3 is 1.33 bits per heavy atom. The number of aromatic nitrogens is 2. The average Bonchev–Trinajstić information content (AvgIpc) is 4.12. The maximum atomic E-state index is 4.98. The lowest BCUT2D eigenvalue weighted by Crippen LogP contribution is -2.20. The molecule has 1 heterocycles. The first-order valence-electron chi connectivity index (χ1n) is 22.1. The van der Waals surface area contributed by atoms with Crippen molar-refractivity contribution < 1.29 is 0 Å². The van der Waals surface area contributed by atoms with E-state index in [9.17, 15) is 0 Å². The first-order valence-corrected chi connectivity index (χ1v) is 22.1. The summed E-state index contributed by atoms with van der Waals surface area (Å²) in [5.74, 6) is 0.741. The minimum absolute atomic E-state index is 0.0885. The predicted octanol–water partition coefficient (Wildman–Crippen LogP) is 15.1. The highest BCUT2D eigenvalue weighted by Crippen LogP contribution is 2.60. The van der Waals surface area contributed by atoms with Gasteiger partial charge < -0.3 is 0 Å². The van der Waals surface area contributed by atoms with Crippen molar-refractivity contribution in [3.05, 3.63) is 192 Å². The largest absolute Gasteiger partial charge is 0.236 e. The van der Waals surface area contributed by atoms with Gasteiger partial charge >= 0.3 is 0 Å². The molecule has 2 heteroatoms. The van der Waals surface area contributed by atoms with Gasteiger partial charge in [0.15, 0.2) is 5.82 Å². The van der Waals surface area contributed by atoms with Crippen molar-refractivity contribution in [2.24, 2.45) is 0 Å². The minimum Gasteiger partial charge on any atom is -0.236 e. The zero-order valence-electron chi connectivity index (χ0n) is 33.7. The monoisotopic (exact) mass is 768 g/mol. The summed E-state index contributed by atoms with van der Waals surface area (Å²) in [6.07, 6.45) is 13.9. The molecular formula is C58H44N2. The average molecular weight is 769 g/mol. The van der Waals surface area contributed by atoms with Crippen LogP contribution in [0.2, 0.25) is 0 Å². The molecule has 1 aromatic heterocycles. The lowest BCUT2D eigenvalue weighted by molar-refractivity contribution is 0.550. The van der Waals surface area contributed by atoms with Crippen LogP contribution in [0.4, 0.5) is 0 Å². The molecule has 0 unspecified atom stereocenters. The molecule has 60 heavy (non-hydrogen) atoms. The molecule has 0 saturated heterocycles. The van der Waals surface area contributed by atoms with E-state index in [4.69, 9.17) is 9.97 Å². The van der Waals surface area contributed by atoms with Crippen LogP contribution in [0.15, 0.2) is 170 Å². The second-order valence-electron chi connectivity index (χ2n) is 17.9. The van der Waals surface area contributed by atoms with Crippen LogP contribution in [0.5, 0.6) is 0 Å². The number of benzene rings is 8. The molecule has 0 bridgehead atoms. The molecule has 8 aromatic carbocycles. The van der Waals surface area contributed by atoms with Crippen molar-refractivity contribution in [1.82, 2.24) is 9.97 Å². The van der Waals surface area contributed by atoms with Crippen LogP contribution in [0.3, 0.4) is 0 Å². The molecule has 9 aromatic rings. The van der Waals surface area contributed by atoms with Gasteiger partial charge in [0, 0.05) is 34.4 Å². The van der Waals surface area contributed by atoms with Gasteiger partial charge in [0.2, 0.25) is 0 Å². The Balaban J connectivity index is 1.06. The summed E-state index contributed by atoms with van der Waals surface area (Å²) in [6.45, 7) is 0. The third kappa shape index (κ3) is 4.76. The van der Waals surface area contributed by atoms with Gasteiger partial charge in [0.05, 0.1) is 0 Å². The van der Waals surface area contributed by atoms with Gasteiger partial charge in [-0.05, 0) is 138 Å². The fourth-order valence-electron chi connectivity index (χ4n) is 12.5. The molecule has 0 aliphatic heterocycles. The highest BCUT2D eigenvalue weighted by atomic mass is 14.9. The van der Waals surface area contributed by atoms with Crippen LogP contribution in [0.25, 0.3) is 88.6 Å². The standard InChI is InChI=1S/C58H44N2/c1-2-14-37(15-3-1)41-35-59-56(60-36-41)40-24-27-48-49(32-40)55(39-23-26-45-43-17-7-9-21-51(43)58(53(45)34-39)30-12-13-31-58)47-19-5-4-18-46(47)54(48)38-22-25-44-42-16-6-8-20-50(42)57(52(44)33-38)28-10-11-29-57/h1-9,14-27,32-36H,10-13,28-31H2. The Morgan fingerprint density at radius 1 is 0.317 bits per heavy atom. The molecular weight excluding hydrogens is 725 g/mol. The summed E-state index contributed by atoms with van der Waals surface area (Å²) in [4.78, 5) is 9.97. The Labute approximate surface area is 351 Å². The Kier molecular flexibility index (Phi) is 7.38. The van der Waals surface area contributed by atoms with E-state index >= 15 is 0 Å². The van der Waals surface area contributed by atoms with E-state index in [1.165, 1.54) is 140 Å². The quantitative estimate of drug-likeness (QED) is 0.167. The topological polar surface area (TPSA) is 25.8 Å². The van der Waals surface area contributed by atoms with E-state index in [0.29, 0.717) is 0 Å². The third-order valence-corrected chi connectivity index (χ3v) is 15.1. The van der Waals surface area contributed by atoms with Gasteiger partial charge in [0.25, 0.3) is 0 Å². The fraction of sp³-hybridized carbons (Fsp3) is 0.172. The van der Waals surface area contributed by atoms with Gasteiger partial charge in [-0.2, -0.15) is 0 Å². The second-order valence-corrected chi connectivity index (χ2v) is 17.9. The molecule has 286 valence electrons. The van der Waals surface area contributed by atoms with Crippen LogP contribution < -0.4 is 0 Å². The molecule has 2 saturated carbocycles. The molecule has 0 radical (unpaired) electrons. The maximum Gasteiger partial charge on any atom is 0.159 e. The zero-order valence-corrected chi connectivity index (χ0v) is 33.7. The van der Waals surface area contributed by atoms with Gasteiger partial charge in [-0.3, -0.25) is 0 Å². The Bertz CT molecular complexity index is 3200. The molecule has 4 aliphatic rings. The van der Waals surface area contributed by atoms with E-state index in [-0.39, 0.29) is 10.8 Å². The van der Waals surface area contributed by atoms with Gasteiger partial charge in [-0.15, -0.1) is 0 Å². The molecule has 2 fully saturated rings. The van der Waals surface area contributed by atoms with E-state index < -0.39 is 0 Å². The molecule has 2 spiro atoms. The summed E-state index contributed by atoms with van der Waals surface area (Å²) in [5.41, 5.74) is 20.3. The van der Waals surface area contributed by atoms with E-state index in [2.05, 4.69) is 152 Å². The highest BCUT2D eigenvalue weighted by molar-refractivity contribution is 6.22. The van der Waals surface area contributed by atoms with Gasteiger partial charge in [0.1, 0.15) is 0 Å². The molecule has 0 N–H and O–H groups in total. The summed E-state index contributed by atoms with van der Waals surface area (Å²) >= 11 is 0. The van der Waals surface area contributed by atoms with Crippen LogP contribution >= 0.6 is 0 Å². The smallest absolute Gasteiger partial charge is 0.159 e. The Hall–Kier alpha value is -6.64. The van der Waals surface area contributed by atoms with Crippen LogP contribution in [-0.4, -0.2) is 9.97 Å². The number of hydrogen-bond donors (Lipinski definition) is 0.